The fourth-order valence-corrected chi connectivity index (χ4v) is 2.81. The van der Waals surface area contributed by atoms with Gasteiger partial charge in [-0.15, -0.1) is 11.3 Å². The Kier molecular flexibility index (Phi) is 7.05. The number of hydrogen-bond donors (Lipinski definition) is 1. The van der Waals surface area contributed by atoms with Crippen LogP contribution in [0.2, 0.25) is 4.34 Å². The second kappa shape index (κ2) is 8.07. The van der Waals surface area contributed by atoms with Crippen molar-refractivity contribution in [3.8, 4) is 0 Å². The molecule has 0 spiro atoms. The number of hydrogen-bond acceptors (Lipinski definition) is 3. The van der Waals surface area contributed by atoms with E-state index in [4.69, 9.17) is 16.3 Å². The zero-order valence-corrected chi connectivity index (χ0v) is 11.5. The van der Waals surface area contributed by atoms with E-state index < -0.39 is 0 Å². The molecular weight excluding hydrogens is 242 g/mol. The van der Waals surface area contributed by atoms with Gasteiger partial charge in [-0.3, -0.25) is 0 Å². The molecule has 1 aromatic heterocycles. The van der Waals surface area contributed by atoms with Gasteiger partial charge in [0.25, 0.3) is 0 Å². The first-order chi connectivity index (χ1) is 7.76. The van der Waals surface area contributed by atoms with Crippen molar-refractivity contribution in [1.82, 2.24) is 5.32 Å². The molecule has 1 aromatic rings. The molecule has 0 aliphatic heterocycles. The molecule has 92 valence electrons. The van der Waals surface area contributed by atoms with Crippen LogP contribution in [0.3, 0.4) is 0 Å². The topological polar surface area (TPSA) is 21.3 Å². The molecule has 1 unspecified atom stereocenters. The molecule has 0 aliphatic carbocycles. The number of thiophene rings is 1. The van der Waals surface area contributed by atoms with Gasteiger partial charge in [-0.25, -0.2) is 0 Å². The van der Waals surface area contributed by atoms with E-state index in [1.807, 2.05) is 13.0 Å². The van der Waals surface area contributed by atoms with Gasteiger partial charge in [0.2, 0.25) is 0 Å². The second-order valence-electron chi connectivity index (χ2n) is 3.65. The molecule has 0 amide bonds. The van der Waals surface area contributed by atoms with Gasteiger partial charge in [0, 0.05) is 24.1 Å². The highest BCUT2D eigenvalue weighted by atomic mass is 35.5. The van der Waals surface area contributed by atoms with Gasteiger partial charge in [0.15, 0.2) is 0 Å². The van der Waals surface area contributed by atoms with E-state index in [0.29, 0.717) is 6.04 Å². The lowest BCUT2D eigenvalue weighted by Crippen LogP contribution is -2.31. The highest BCUT2D eigenvalue weighted by molar-refractivity contribution is 7.16. The Balaban J connectivity index is 2.37. The van der Waals surface area contributed by atoms with Crippen LogP contribution in [0, 0.1) is 0 Å². The third-order valence-corrected chi connectivity index (χ3v) is 3.64. The fourth-order valence-electron chi connectivity index (χ4n) is 1.64. The first kappa shape index (κ1) is 14.0. The van der Waals surface area contributed by atoms with Crippen LogP contribution in [0.1, 0.15) is 25.1 Å². The second-order valence-corrected chi connectivity index (χ2v) is 5.45. The van der Waals surface area contributed by atoms with E-state index in [1.165, 1.54) is 4.88 Å². The highest BCUT2D eigenvalue weighted by Crippen LogP contribution is 2.22. The Bertz CT molecular complexity index is 290. The Morgan fingerprint density at radius 2 is 2.25 bits per heavy atom. The van der Waals surface area contributed by atoms with Gasteiger partial charge in [0.1, 0.15) is 0 Å². The molecule has 0 saturated heterocycles. The van der Waals surface area contributed by atoms with Crippen molar-refractivity contribution in [1.29, 1.82) is 0 Å². The van der Waals surface area contributed by atoms with Gasteiger partial charge < -0.3 is 10.1 Å². The van der Waals surface area contributed by atoms with Crippen molar-refractivity contribution in [2.45, 2.75) is 32.7 Å². The minimum atomic E-state index is 0.492. The normalized spacial score (nSPS) is 12.9. The Morgan fingerprint density at radius 1 is 1.44 bits per heavy atom. The van der Waals surface area contributed by atoms with Crippen molar-refractivity contribution in [2.75, 3.05) is 19.8 Å². The van der Waals surface area contributed by atoms with Crippen molar-refractivity contribution in [3.05, 3.63) is 21.3 Å². The van der Waals surface area contributed by atoms with Crippen LogP contribution in [0.5, 0.6) is 0 Å². The minimum Gasteiger partial charge on any atom is -0.382 e. The molecule has 16 heavy (non-hydrogen) atoms. The number of nitrogens with one attached hydrogen (secondary N) is 1. The number of likely N-dealkylation sites (N-methyl/N-ethyl adjacent to an activating group) is 1. The molecule has 0 aromatic carbocycles. The summed E-state index contributed by atoms with van der Waals surface area (Å²) in [7, 11) is 0. The van der Waals surface area contributed by atoms with E-state index in [1.54, 1.807) is 11.3 Å². The SMILES string of the molecule is CCNC(CCOCC)Cc1ccc(Cl)s1. The lowest BCUT2D eigenvalue weighted by atomic mass is 10.1. The molecule has 4 heteroatoms. The maximum Gasteiger partial charge on any atom is 0.0931 e. The highest BCUT2D eigenvalue weighted by Gasteiger charge is 2.09. The molecule has 0 aliphatic rings. The monoisotopic (exact) mass is 261 g/mol. The summed E-state index contributed by atoms with van der Waals surface area (Å²) in [6.07, 6.45) is 2.09. The van der Waals surface area contributed by atoms with Crippen LogP contribution in [0.25, 0.3) is 0 Å². The minimum absolute atomic E-state index is 0.492. The third kappa shape index (κ3) is 5.30. The zero-order chi connectivity index (χ0) is 11.8. The summed E-state index contributed by atoms with van der Waals surface area (Å²) in [5.74, 6) is 0. The average Bonchev–Trinajstić information content (AvgIpc) is 2.65. The van der Waals surface area contributed by atoms with E-state index >= 15 is 0 Å². The predicted octanol–water partition coefficient (Wildman–Crippen LogP) is 3.35. The third-order valence-electron chi connectivity index (χ3n) is 2.38. The summed E-state index contributed by atoms with van der Waals surface area (Å²) < 4.78 is 6.26. The van der Waals surface area contributed by atoms with Gasteiger partial charge in [-0.1, -0.05) is 18.5 Å². The molecule has 0 radical (unpaired) electrons. The number of ether oxygens (including phenoxy) is 1. The standard InChI is InChI=1S/C12H20ClNOS/c1-3-14-10(7-8-15-4-2)9-11-5-6-12(13)16-11/h5-6,10,14H,3-4,7-9H2,1-2H3. The Labute approximate surface area is 107 Å². The summed E-state index contributed by atoms with van der Waals surface area (Å²) in [6.45, 7) is 6.78. The summed E-state index contributed by atoms with van der Waals surface area (Å²) in [5, 5.41) is 3.48. The van der Waals surface area contributed by atoms with Crippen LogP contribution in [-0.2, 0) is 11.2 Å². The summed E-state index contributed by atoms with van der Waals surface area (Å²) in [5.41, 5.74) is 0. The van der Waals surface area contributed by atoms with Gasteiger partial charge in [-0.05, 0) is 38.4 Å². The Morgan fingerprint density at radius 3 is 2.81 bits per heavy atom. The molecule has 0 saturated carbocycles. The fraction of sp³-hybridized carbons (Fsp3) is 0.667. The van der Waals surface area contributed by atoms with Crippen LogP contribution in [0.15, 0.2) is 12.1 Å². The van der Waals surface area contributed by atoms with Gasteiger partial charge in [0.05, 0.1) is 4.34 Å². The van der Waals surface area contributed by atoms with Crippen molar-refractivity contribution in [2.24, 2.45) is 0 Å². The molecule has 1 atom stereocenters. The van der Waals surface area contributed by atoms with E-state index in [0.717, 1.165) is 36.9 Å². The molecule has 1 N–H and O–H groups in total. The van der Waals surface area contributed by atoms with Crippen LogP contribution < -0.4 is 5.32 Å². The maximum atomic E-state index is 5.92. The number of rotatable bonds is 8. The summed E-state index contributed by atoms with van der Waals surface area (Å²) in [4.78, 5) is 1.34. The van der Waals surface area contributed by atoms with E-state index in [2.05, 4.69) is 18.3 Å². The van der Waals surface area contributed by atoms with E-state index in [9.17, 15) is 0 Å². The van der Waals surface area contributed by atoms with Crippen LogP contribution >= 0.6 is 22.9 Å². The lowest BCUT2D eigenvalue weighted by Gasteiger charge is -2.16. The largest absolute Gasteiger partial charge is 0.382 e. The molecular formula is C12H20ClNOS. The first-order valence-corrected chi connectivity index (χ1v) is 7.01. The smallest absolute Gasteiger partial charge is 0.0931 e. The Hall–Kier alpha value is -0.0900. The van der Waals surface area contributed by atoms with Crippen molar-refractivity contribution < 1.29 is 4.74 Å². The zero-order valence-electron chi connectivity index (χ0n) is 9.96. The molecule has 2 nitrogen and oxygen atoms in total. The van der Waals surface area contributed by atoms with Gasteiger partial charge >= 0.3 is 0 Å². The molecule has 1 rings (SSSR count). The maximum absolute atomic E-state index is 5.92. The summed E-state index contributed by atoms with van der Waals surface area (Å²) >= 11 is 7.59. The molecule has 0 bridgehead atoms. The predicted molar refractivity (Wildman–Crippen MR) is 71.6 cm³/mol. The first-order valence-electron chi connectivity index (χ1n) is 5.81. The molecule has 0 fully saturated rings. The van der Waals surface area contributed by atoms with Crippen molar-refractivity contribution >= 4 is 22.9 Å². The van der Waals surface area contributed by atoms with E-state index in [-0.39, 0.29) is 0 Å². The van der Waals surface area contributed by atoms with Crippen LogP contribution in [0.4, 0.5) is 0 Å². The van der Waals surface area contributed by atoms with Crippen molar-refractivity contribution in [3.63, 3.8) is 0 Å². The summed E-state index contributed by atoms with van der Waals surface area (Å²) in [6, 6.07) is 4.57. The lowest BCUT2D eigenvalue weighted by molar-refractivity contribution is 0.136. The van der Waals surface area contributed by atoms with Gasteiger partial charge in [-0.2, -0.15) is 0 Å². The molecule has 1 heterocycles. The average molecular weight is 262 g/mol. The van der Waals surface area contributed by atoms with Crippen LogP contribution in [-0.4, -0.2) is 25.8 Å². The quantitative estimate of drug-likeness (QED) is 0.725. The number of halogens is 1.